The highest BCUT2D eigenvalue weighted by molar-refractivity contribution is 7.16. The molecule has 1 saturated heterocycles. The average Bonchev–Trinajstić information content (AvgIpc) is 3.66. The standard InChI is InChI=1S/C24H20Cl2FN7O3S/c1-11-29-24(34(31-11)13-2-3-16-21(6-13)38-10-28-16)19-7-18(23(36)20(9-35)37-19)33-8-17(30-32-33)12-4-14(25)22(26)15(27)5-12/h2-6,8,10,18-20,23,35-36H,7,9H2,1H3. The number of hydrogen-bond donors (Lipinski definition) is 2. The fourth-order valence-electron chi connectivity index (χ4n) is 4.62. The predicted octanol–water partition coefficient (Wildman–Crippen LogP) is 4.31. The Morgan fingerprint density at radius 3 is 2.87 bits per heavy atom. The maximum Gasteiger partial charge on any atom is 0.161 e. The highest BCUT2D eigenvalue weighted by atomic mass is 35.5. The van der Waals surface area contributed by atoms with E-state index in [9.17, 15) is 14.6 Å². The minimum absolute atomic E-state index is 0.0500. The van der Waals surface area contributed by atoms with E-state index >= 15 is 0 Å². The average molecular weight is 576 g/mol. The molecule has 0 aliphatic carbocycles. The van der Waals surface area contributed by atoms with Crippen LogP contribution >= 0.6 is 34.5 Å². The number of nitrogens with zero attached hydrogens (tertiary/aromatic N) is 7. The lowest BCUT2D eigenvalue weighted by atomic mass is 9.95. The number of hydrogen-bond acceptors (Lipinski definition) is 9. The van der Waals surface area contributed by atoms with Crippen LogP contribution in [-0.4, -0.2) is 63.8 Å². The van der Waals surface area contributed by atoms with E-state index < -0.39 is 36.8 Å². The van der Waals surface area contributed by atoms with Crippen LogP contribution in [0.1, 0.15) is 30.2 Å². The molecular weight excluding hydrogens is 556 g/mol. The molecule has 3 aromatic heterocycles. The van der Waals surface area contributed by atoms with Crippen molar-refractivity contribution in [1.29, 1.82) is 0 Å². The van der Waals surface area contributed by atoms with E-state index in [4.69, 9.17) is 27.9 Å². The Hall–Kier alpha value is -3.00. The summed E-state index contributed by atoms with van der Waals surface area (Å²) in [5.41, 5.74) is 4.18. The van der Waals surface area contributed by atoms with Crippen LogP contribution in [0, 0.1) is 12.7 Å². The zero-order valence-corrected chi connectivity index (χ0v) is 22.1. The highest BCUT2D eigenvalue weighted by Gasteiger charge is 2.41. The largest absolute Gasteiger partial charge is 0.394 e. The number of aryl methyl sites for hydroxylation is 1. The molecule has 14 heteroatoms. The van der Waals surface area contributed by atoms with Gasteiger partial charge < -0.3 is 14.9 Å². The van der Waals surface area contributed by atoms with E-state index in [-0.39, 0.29) is 16.5 Å². The van der Waals surface area contributed by atoms with Crippen molar-refractivity contribution in [1.82, 2.24) is 34.7 Å². The Bertz CT molecular complexity index is 1620. The normalized spacial score (nSPS) is 21.8. The van der Waals surface area contributed by atoms with Crippen LogP contribution in [0.5, 0.6) is 0 Å². The van der Waals surface area contributed by atoms with Crippen molar-refractivity contribution in [3.8, 4) is 16.9 Å². The molecular formula is C24H20Cl2FN7O3S. The van der Waals surface area contributed by atoms with Crippen molar-refractivity contribution >= 4 is 44.8 Å². The first-order chi connectivity index (χ1) is 18.3. The van der Waals surface area contributed by atoms with Crippen LogP contribution in [0.2, 0.25) is 10.0 Å². The molecule has 5 aromatic rings. The second kappa shape index (κ2) is 9.95. The Kier molecular flexibility index (Phi) is 6.62. The third-order valence-electron chi connectivity index (χ3n) is 6.46. The number of thiazole rings is 1. The molecule has 1 aliphatic rings. The molecule has 0 bridgehead atoms. The molecule has 2 aromatic carbocycles. The lowest BCUT2D eigenvalue weighted by Gasteiger charge is -2.38. The zero-order valence-electron chi connectivity index (χ0n) is 19.7. The monoisotopic (exact) mass is 575 g/mol. The molecule has 38 heavy (non-hydrogen) atoms. The SMILES string of the molecule is Cc1nc(C2CC(n3cc(-c4cc(F)c(Cl)c(Cl)c4)nn3)C(O)C(CO)O2)n(-c2ccc3ncsc3c2)n1. The summed E-state index contributed by atoms with van der Waals surface area (Å²) in [6.45, 7) is 1.36. The maximum atomic E-state index is 14.2. The summed E-state index contributed by atoms with van der Waals surface area (Å²) >= 11 is 13.4. The van der Waals surface area contributed by atoms with Crippen LogP contribution in [0.25, 0.3) is 27.2 Å². The predicted molar refractivity (Wildman–Crippen MR) is 139 cm³/mol. The summed E-state index contributed by atoms with van der Waals surface area (Å²) < 4.78 is 24.4. The first kappa shape index (κ1) is 25.3. The molecule has 4 unspecified atom stereocenters. The van der Waals surface area contributed by atoms with Gasteiger partial charge in [0.05, 0.1) is 50.3 Å². The van der Waals surface area contributed by atoms with Crippen molar-refractivity contribution in [3.63, 3.8) is 0 Å². The van der Waals surface area contributed by atoms with Gasteiger partial charge in [-0.3, -0.25) is 0 Å². The quantitative estimate of drug-likeness (QED) is 0.297. The van der Waals surface area contributed by atoms with Crippen LogP contribution < -0.4 is 0 Å². The van der Waals surface area contributed by atoms with E-state index in [1.807, 2.05) is 18.2 Å². The smallest absolute Gasteiger partial charge is 0.161 e. The lowest BCUT2D eigenvalue weighted by Crippen LogP contribution is -2.45. The number of halogens is 3. The Morgan fingerprint density at radius 1 is 1.24 bits per heavy atom. The fraction of sp³-hybridized carbons (Fsp3) is 0.292. The number of ether oxygens (including phenoxy) is 1. The van der Waals surface area contributed by atoms with Gasteiger partial charge >= 0.3 is 0 Å². The van der Waals surface area contributed by atoms with Gasteiger partial charge in [0.1, 0.15) is 35.6 Å². The van der Waals surface area contributed by atoms with Crippen LogP contribution in [-0.2, 0) is 4.74 Å². The Morgan fingerprint density at radius 2 is 2.08 bits per heavy atom. The van der Waals surface area contributed by atoms with Crippen LogP contribution in [0.3, 0.4) is 0 Å². The second-order valence-electron chi connectivity index (χ2n) is 8.91. The molecule has 0 saturated carbocycles. The maximum absolute atomic E-state index is 14.2. The number of fused-ring (bicyclic) bond motifs is 1. The Balaban J connectivity index is 1.35. The lowest BCUT2D eigenvalue weighted by molar-refractivity contribution is -0.161. The van der Waals surface area contributed by atoms with Crippen molar-refractivity contribution in [3.05, 3.63) is 69.6 Å². The van der Waals surface area contributed by atoms with E-state index in [1.165, 1.54) is 28.2 Å². The molecule has 4 heterocycles. The van der Waals surface area contributed by atoms with Gasteiger partial charge in [-0.1, -0.05) is 28.4 Å². The molecule has 0 amide bonds. The van der Waals surface area contributed by atoms with Crippen LogP contribution in [0.15, 0.2) is 42.0 Å². The number of aliphatic hydroxyl groups excluding tert-OH is 2. The van der Waals surface area contributed by atoms with E-state index in [0.29, 0.717) is 22.9 Å². The second-order valence-corrected chi connectivity index (χ2v) is 10.6. The summed E-state index contributed by atoms with van der Waals surface area (Å²) in [5, 5.41) is 33.8. The zero-order chi connectivity index (χ0) is 26.6. The van der Waals surface area contributed by atoms with Crippen molar-refractivity contribution in [2.75, 3.05) is 6.61 Å². The first-order valence-electron chi connectivity index (χ1n) is 11.6. The van der Waals surface area contributed by atoms with Gasteiger partial charge in [0.15, 0.2) is 5.82 Å². The van der Waals surface area contributed by atoms with E-state index in [2.05, 4.69) is 25.4 Å². The molecule has 0 spiro atoms. The van der Waals surface area contributed by atoms with E-state index in [0.717, 1.165) is 15.9 Å². The van der Waals surface area contributed by atoms with Gasteiger partial charge in [-0.2, -0.15) is 5.10 Å². The van der Waals surface area contributed by atoms with Crippen molar-refractivity contribution in [2.45, 2.75) is 37.7 Å². The summed E-state index contributed by atoms with van der Waals surface area (Å²) in [6, 6.07) is 7.87. The van der Waals surface area contributed by atoms with Crippen molar-refractivity contribution in [2.24, 2.45) is 0 Å². The van der Waals surface area contributed by atoms with E-state index in [1.54, 1.807) is 23.3 Å². The first-order valence-corrected chi connectivity index (χ1v) is 13.2. The fourth-order valence-corrected chi connectivity index (χ4v) is 5.64. The van der Waals surface area contributed by atoms with Gasteiger partial charge in [0.25, 0.3) is 0 Å². The third-order valence-corrected chi connectivity index (χ3v) is 8.04. The number of benzene rings is 2. The molecule has 2 N–H and O–H groups in total. The Labute approximate surface area is 229 Å². The van der Waals surface area contributed by atoms with Gasteiger partial charge in [-0.15, -0.1) is 16.4 Å². The van der Waals surface area contributed by atoms with Crippen molar-refractivity contribution < 1.29 is 19.3 Å². The summed E-state index contributed by atoms with van der Waals surface area (Å²) in [6.07, 6.45) is -0.797. The molecule has 10 nitrogen and oxygen atoms in total. The third kappa shape index (κ3) is 4.46. The molecule has 6 rings (SSSR count). The molecule has 0 radical (unpaired) electrons. The van der Waals surface area contributed by atoms with Gasteiger partial charge in [0, 0.05) is 12.0 Å². The minimum atomic E-state index is -1.10. The summed E-state index contributed by atoms with van der Waals surface area (Å²) in [4.78, 5) is 8.94. The summed E-state index contributed by atoms with van der Waals surface area (Å²) in [7, 11) is 0. The molecule has 4 atom stereocenters. The summed E-state index contributed by atoms with van der Waals surface area (Å²) in [5.74, 6) is 0.385. The number of aliphatic hydroxyl groups is 2. The highest BCUT2D eigenvalue weighted by Crippen LogP contribution is 2.39. The van der Waals surface area contributed by atoms with Gasteiger partial charge in [-0.05, 0) is 37.3 Å². The number of rotatable bonds is 5. The molecule has 196 valence electrons. The van der Waals surface area contributed by atoms with Gasteiger partial charge in [0.2, 0.25) is 0 Å². The molecule has 1 aliphatic heterocycles. The van der Waals surface area contributed by atoms with Gasteiger partial charge in [-0.25, -0.2) is 23.7 Å². The topological polar surface area (TPSA) is 124 Å². The van der Waals surface area contributed by atoms with Crippen LogP contribution in [0.4, 0.5) is 4.39 Å². The minimum Gasteiger partial charge on any atom is -0.394 e. The number of aromatic nitrogens is 7. The molecule has 1 fully saturated rings.